The van der Waals surface area contributed by atoms with Gasteiger partial charge in [-0.2, -0.15) is 0 Å². The Hall–Kier alpha value is -6.12. The van der Waals surface area contributed by atoms with Gasteiger partial charge in [0.15, 0.2) is 0 Å². The van der Waals surface area contributed by atoms with Gasteiger partial charge in [-0.3, -0.25) is 4.98 Å². The lowest BCUT2D eigenvalue weighted by atomic mass is 9.70. The molecule has 6 aromatic carbocycles. The highest BCUT2D eigenvalue weighted by Crippen LogP contribution is 2.63. The summed E-state index contributed by atoms with van der Waals surface area (Å²) in [5.74, 6) is 0. The SMILES string of the molecule is c1ccc(-c2cc(-c3cccc(-c4cccc5c4-c4ccccc4C54c5ccccc5-c5ccccc54)c3)c3cnccc3n2)cc1. The summed E-state index contributed by atoms with van der Waals surface area (Å²) >= 11 is 0. The van der Waals surface area contributed by atoms with E-state index in [0.717, 1.165) is 33.3 Å². The number of hydrogen-bond acceptors (Lipinski definition) is 2. The summed E-state index contributed by atoms with van der Waals surface area (Å²) < 4.78 is 0. The summed E-state index contributed by atoms with van der Waals surface area (Å²) in [5.41, 5.74) is 18.1. The van der Waals surface area contributed by atoms with Crippen molar-refractivity contribution in [1.82, 2.24) is 9.97 Å². The van der Waals surface area contributed by atoms with Crippen LogP contribution >= 0.6 is 0 Å². The Bertz CT molecular complexity index is 2480. The Morgan fingerprint density at radius 3 is 1.70 bits per heavy atom. The summed E-state index contributed by atoms with van der Waals surface area (Å²) in [4.78, 5) is 9.51. The molecule has 2 aromatic heterocycles. The lowest BCUT2D eigenvalue weighted by Crippen LogP contribution is -2.25. The molecule has 8 aromatic rings. The zero-order valence-electron chi connectivity index (χ0n) is 25.6. The second-order valence-electron chi connectivity index (χ2n) is 12.5. The van der Waals surface area contributed by atoms with Crippen molar-refractivity contribution in [2.45, 2.75) is 5.41 Å². The predicted molar refractivity (Wildman–Crippen MR) is 192 cm³/mol. The number of rotatable bonds is 3. The lowest BCUT2D eigenvalue weighted by molar-refractivity contribution is 0.794. The maximum absolute atomic E-state index is 5.02. The van der Waals surface area contributed by atoms with Gasteiger partial charge in [0.25, 0.3) is 0 Å². The number of fused-ring (bicyclic) bond motifs is 11. The van der Waals surface area contributed by atoms with E-state index in [0.29, 0.717) is 0 Å². The molecule has 1 spiro atoms. The van der Waals surface area contributed by atoms with Gasteiger partial charge in [0, 0.05) is 23.3 Å². The first kappa shape index (κ1) is 26.1. The van der Waals surface area contributed by atoms with Crippen LogP contribution in [0.25, 0.3) is 66.7 Å². The third-order valence-corrected chi connectivity index (χ3v) is 10.2. The Morgan fingerprint density at radius 1 is 0.404 bits per heavy atom. The monoisotopic (exact) mass is 596 g/mol. The molecule has 2 aliphatic carbocycles. The van der Waals surface area contributed by atoms with E-state index in [-0.39, 0.29) is 5.41 Å². The highest BCUT2D eigenvalue weighted by molar-refractivity contribution is 6.01. The third-order valence-electron chi connectivity index (χ3n) is 10.2. The zero-order chi connectivity index (χ0) is 31.0. The van der Waals surface area contributed by atoms with Gasteiger partial charge in [-0.05, 0) is 85.0 Å². The van der Waals surface area contributed by atoms with Gasteiger partial charge in [-0.25, -0.2) is 4.98 Å². The van der Waals surface area contributed by atoms with Crippen molar-refractivity contribution in [3.05, 3.63) is 192 Å². The maximum Gasteiger partial charge on any atom is 0.0746 e. The normalized spacial score (nSPS) is 13.3. The molecule has 0 bridgehead atoms. The molecular weight excluding hydrogens is 569 g/mol. The van der Waals surface area contributed by atoms with Crippen LogP contribution in [-0.2, 0) is 5.41 Å². The maximum atomic E-state index is 5.02. The van der Waals surface area contributed by atoms with Crippen LogP contribution in [-0.4, -0.2) is 9.97 Å². The fraction of sp³-hybridized carbons (Fsp3) is 0.0222. The van der Waals surface area contributed by atoms with Crippen molar-refractivity contribution in [2.75, 3.05) is 0 Å². The topological polar surface area (TPSA) is 25.8 Å². The molecule has 10 rings (SSSR count). The highest BCUT2D eigenvalue weighted by Gasteiger charge is 2.51. The Balaban J connectivity index is 1.22. The predicted octanol–water partition coefficient (Wildman–Crippen LogP) is 11.0. The lowest BCUT2D eigenvalue weighted by Gasteiger charge is -2.30. The minimum atomic E-state index is -0.357. The summed E-state index contributed by atoms with van der Waals surface area (Å²) in [5, 5.41) is 1.05. The van der Waals surface area contributed by atoms with Crippen molar-refractivity contribution in [2.24, 2.45) is 0 Å². The fourth-order valence-corrected chi connectivity index (χ4v) is 8.30. The Morgan fingerprint density at radius 2 is 0.957 bits per heavy atom. The number of nitrogens with zero attached hydrogens (tertiary/aromatic N) is 2. The van der Waals surface area contributed by atoms with Crippen LogP contribution in [0.4, 0.5) is 0 Å². The molecule has 2 nitrogen and oxygen atoms in total. The minimum absolute atomic E-state index is 0.357. The van der Waals surface area contributed by atoms with Crippen LogP contribution in [0.15, 0.2) is 170 Å². The van der Waals surface area contributed by atoms with Gasteiger partial charge in [0.1, 0.15) is 0 Å². The van der Waals surface area contributed by atoms with Crippen LogP contribution in [0.5, 0.6) is 0 Å². The molecule has 47 heavy (non-hydrogen) atoms. The van der Waals surface area contributed by atoms with Crippen molar-refractivity contribution in [3.8, 4) is 55.8 Å². The van der Waals surface area contributed by atoms with Crippen LogP contribution in [0.3, 0.4) is 0 Å². The Kier molecular flexibility index (Phi) is 5.53. The second kappa shape index (κ2) is 9.94. The van der Waals surface area contributed by atoms with Crippen molar-refractivity contribution in [3.63, 3.8) is 0 Å². The van der Waals surface area contributed by atoms with E-state index in [1.165, 1.54) is 55.6 Å². The van der Waals surface area contributed by atoms with Crippen molar-refractivity contribution in [1.29, 1.82) is 0 Å². The third kappa shape index (κ3) is 3.61. The molecule has 2 heterocycles. The first-order chi connectivity index (χ1) is 23.3. The van der Waals surface area contributed by atoms with Crippen LogP contribution < -0.4 is 0 Å². The zero-order valence-corrected chi connectivity index (χ0v) is 25.6. The fourth-order valence-electron chi connectivity index (χ4n) is 8.30. The largest absolute Gasteiger partial charge is 0.264 e. The summed E-state index contributed by atoms with van der Waals surface area (Å²) in [6.45, 7) is 0. The molecule has 0 amide bonds. The standard InChI is InChI=1S/C45H28N2/c1-2-12-29(13-3-1)43-27-36(37-28-46-25-24-42(37)47-43)31-15-10-14-30(26-31)32-19-11-23-41-44(32)35-18-6-9-22-40(35)45(41)38-20-7-4-16-33(38)34-17-5-8-21-39(34)45/h1-28H. The van der Waals surface area contributed by atoms with E-state index < -0.39 is 0 Å². The van der Waals surface area contributed by atoms with Crippen LogP contribution in [0, 0.1) is 0 Å². The van der Waals surface area contributed by atoms with Crippen molar-refractivity contribution >= 4 is 10.9 Å². The van der Waals surface area contributed by atoms with E-state index in [2.05, 4.69) is 151 Å². The molecule has 0 N–H and O–H groups in total. The molecule has 0 saturated carbocycles. The van der Waals surface area contributed by atoms with Crippen LogP contribution in [0.2, 0.25) is 0 Å². The average molecular weight is 597 g/mol. The number of pyridine rings is 2. The smallest absolute Gasteiger partial charge is 0.0746 e. The highest BCUT2D eigenvalue weighted by atomic mass is 14.7. The van der Waals surface area contributed by atoms with E-state index in [9.17, 15) is 0 Å². The second-order valence-corrected chi connectivity index (χ2v) is 12.5. The molecule has 2 heteroatoms. The molecule has 0 unspecified atom stereocenters. The van der Waals surface area contributed by atoms with Gasteiger partial charge < -0.3 is 0 Å². The summed E-state index contributed by atoms with van der Waals surface area (Å²) in [7, 11) is 0. The molecule has 218 valence electrons. The number of benzene rings is 6. The molecular formula is C45H28N2. The summed E-state index contributed by atoms with van der Waals surface area (Å²) in [6, 6.07) is 57.5. The van der Waals surface area contributed by atoms with E-state index >= 15 is 0 Å². The van der Waals surface area contributed by atoms with Gasteiger partial charge in [-0.1, -0.05) is 140 Å². The van der Waals surface area contributed by atoms with Gasteiger partial charge >= 0.3 is 0 Å². The van der Waals surface area contributed by atoms with E-state index in [1.54, 1.807) is 0 Å². The first-order valence-corrected chi connectivity index (χ1v) is 16.2. The minimum Gasteiger partial charge on any atom is -0.264 e. The first-order valence-electron chi connectivity index (χ1n) is 16.2. The molecule has 2 aliphatic rings. The molecule has 0 fully saturated rings. The van der Waals surface area contributed by atoms with Gasteiger partial charge in [0.2, 0.25) is 0 Å². The van der Waals surface area contributed by atoms with Crippen LogP contribution in [0.1, 0.15) is 22.3 Å². The molecule has 0 aliphatic heterocycles. The van der Waals surface area contributed by atoms with Crippen molar-refractivity contribution < 1.29 is 0 Å². The molecule has 0 atom stereocenters. The molecule has 0 radical (unpaired) electrons. The van der Waals surface area contributed by atoms with Gasteiger partial charge in [0.05, 0.1) is 16.6 Å². The quantitative estimate of drug-likeness (QED) is 0.203. The van der Waals surface area contributed by atoms with E-state index in [4.69, 9.17) is 4.98 Å². The van der Waals surface area contributed by atoms with E-state index in [1.807, 2.05) is 24.5 Å². The average Bonchev–Trinajstić information content (AvgIpc) is 3.62. The Labute approximate surface area is 273 Å². The number of hydrogen-bond donors (Lipinski definition) is 0. The van der Waals surface area contributed by atoms with Gasteiger partial charge in [-0.15, -0.1) is 0 Å². The molecule has 0 saturated heterocycles. The summed E-state index contributed by atoms with van der Waals surface area (Å²) in [6.07, 6.45) is 3.76. The number of aromatic nitrogens is 2.